The molecule has 0 atom stereocenters. The number of hydrogen-bond donors (Lipinski definition) is 3. The Hall–Kier alpha value is -5.19. The minimum absolute atomic E-state index is 0.182. The number of hydrogen-bond acceptors (Lipinski definition) is 6. The van der Waals surface area contributed by atoms with Crippen LogP contribution >= 0.6 is 0 Å². The van der Waals surface area contributed by atoms with Crippen molar-refractivity contribution in [2.24, 2.45) is 5.73 Å². The zero-order valence-electron chi connectivity index (χ0n) is 23.4. The van der Waals surface area contributed by atoms with Crippen LogP contribution in [-0.4, -0.2) is 44.1 Å². The van der Waals surface area contributed by atoms with Crippen molar-refractivity contribution in [1.29, 1.82) is 0 Å². The zero-order chi connectivity index (χ0) is 29.6. The molecule has 0 aliphatic heterocycles. The van der Waals surface area contributed by atoms with Crippen LogP contribution in [0.25, 0.3) is 5.69 Å². The first-order valence-corrected chi connectivity index (χ1v) is 13.0. The van der Waals surface area contributed by atoms with Crippen molar-refractivity contribution >= 4 is 29.4 Å². The summed E-state index contributed by atoms with van der Waals surface area (Å²) in [4.78, 5) is 41.9. The van der Waals surface area contributed by atoms with Crippen LogP contribution in [-0.2, 0) is 21.5 Å². The predicted molar refractivity (Wildman–Crippen MR) is 156 cm³/mol. The fourth-order valence-corrected chi connectivity index (χ4v) is 3.92. The first-order chi connectivity index (χ1) is 19.5. The lowest BCUT2D eigenvalue weighted by Crippen LogP contribution is -2.36. The third-order valence-electron chi connectivity index (χ3n) is 6.01. The van der Waals surface area contributed by atoms with E-state index in [1.807, 2.05) is 57.2 Å². The molecule has 0 aliphatic rings. The summed E-state index contributed by atoms with van der Waals surface area (Å²) in [7, 11) is 0. The van der Waals surface area contributed by atoms with Crippen molar-refractivity contribution in [3.63, 3.8) is 0 Å². The fourth-order valence-electron chi connectivity index (χ4n) is 3.92. The number of nitrogens with zero attached hydrogens (tertiary/aromatic N) is 4. The summed E-state index contributed by atoms with van der Waals surface area (Å²) in [6, 6.07) is 21.1. The van der Waals surface area contributed by atoms with Gasteiger partial charge >= 0.3 is 6.03 Å². The summed E-state index contributed by atoms with van der Waals surface area (Å²) in [5.74, 6) is 0.659. The summed E-state index contributed by atoms with van der Waals surface area (Å²) in [6.07, 6.45) is 1.65. The number of amides is 4. The predicted octanol–water partition coefficient (Wildman–Crippen LogP) is 4.83. The second-order valence-corrected chi connectivity index (χ2v) is 10.5. The van der Waals surface area contributed by atoms with Gasteiger partial charge in [-0.05, 0) is 48.0 Å². The molecule has 4 aromatic rings. The number of pyridine rings is 1. The number of ether oxygens (including phenoxy) is 1. The second kappa shape index (κ2) is 12.3. The van der Waals surface area contributed by atoms with E-state index in [1.54, 1.807) is 47.3 Å². The van der Waals surface area contributed by atoms with E-state index in [2.05, 4.69) is 15.6 Å². The lowest BCUT2D eigenvalue weighted by Gasteiger charge is -2.20. The monoisotopic (exact) mass is 555 g/mol. The first-order valence-electron chi connectivity index (χ1n) is 13.0. The molecule has 0 spiro atoms. The maximum Gasteiger partial charge on any atom is 0.324 e. The third kappa shape index (κ3) is 7.91. The van der Waals surface area contributed by atoms with Gasteiger partial charge in [-0.1, -0.05) is 39.0 Å². The van der Waals surface area contributed by atoms with E-state index in [-0.39, 0.29) is 24.4 Å². The van der Waals surface area contributed by atoms with Gasteiger partial charge in [0.25, 0.3) is 0 Å². The number of carbonyl (C=O) groups excluding carboxylic acids is 3. The van der Waals surface area contributed by atoms with E-state index in [4.69, 9.17) is 15.6 Å². The van der Waals surface area contributed by atoms with Gasteiger partial charge in [0.05, 0.1) is 17.9 Å². The van der Waals surface area contributed by atoms with Crippen molar-refractivity contribution in [1.82, 2.24) is 19.7 Å². The molecule has 212 valence electrons. The number of nitrogens with two attached hydrogens (primary N) is 1. The average molecular weight is 556 g/mol. The van der Waals surface area contributed by atoms with Crippen LogP contribution in [0.4, 0.5) is 16.3 Å². The normalized spacial score (nSPS) is 11.0. The molecular formula is C30H33N7O4. The Bertz CT molecular complexity index is 1530. The van der Waals surface area contributed by atoms with Crippen LogP contribution in [0.5, 0.6) is 11.6 Å². The Morgan fingerprint density at radius 1 is 0.976 bits per heavy atom. The molecule has 0 fully saturated rings. The summed E-state index contributed by atoms with van der Waals surface area (Å²) in [5, 5.41) is 10.5. The van der Waals surface area contributed by atoms with Crippen molar-refractivity contribution in [3.8, 4) is 17.3 Å². The van der Waals surface area contributed by atoms with Gasteiger partial charge in [0.2, 0.25) is 17.7 Å². The molecule has 4 rings (SSSR count). The quantitative estimate of drug-likeness (QED) is 0.270. The molecule has 4 N–H and O–H groups in total. The molecule has 0 aliphatic carbocycles. The molecule has 4 amide bonds. The first kappa shape index (κ1) is 28.8. The van der Waals surface area contributed by atoms with E-state index >= 15 is 0 Å². The Kier molecular flexibility index (Phi) is 8.66. The van der Waals surface area contributed by atoms with Gasteiger partial charge in [-0.2, -0.15) is 5.10 Å². The Morgan fingerprint density at radius 3 is 2.37 bits per heavy atom. The van der Waals surface area contributed by atoms with Crippen molar-refractivity contribution in [3.05, 3.63) is 90.3 Å². The van der Waals surface area contributed by atoms with E-state index < -0.39 is 11.9 Å². The zero-order valence-corrected chi connectivity index (χ0v) is 23.4. The Morgan fingerprint density at radius 2 is 1.73 bits per heavy atom. The maximum atomic E-state index is 13.0. The van der Waals surface area contributed by atoms with Crippen molar-refractivity contribution in [2.75, 3.05) is 17.2 Å². The molecular weight excluding hydrogens is 522 g/mol. The average Bonchev–Trinajstić information content (AvgIpc) is 3.34. The number of anilines is 2. The lowest BCUT2D eigenvalue weighted by molar-refractivity contribution is -0.133. The lowest BCUT2D eigenvalue weighted by atomic mass is 9.92. The number of urea groups is 1. The number of rotatable bonds is 9. The van der Waals surface area contributed by atoms with Crippen LogP contribution in [0, 0.1) is 0 Å². The van der Waals surface area contributed by atoms with Gasteiger partial charge in [0, 0.05) is 42.9 Å². The van der Waals surface area contributed by atoms with E-state index in [0.29, 0.717) is 28.8 Å². The van der Waals surface area contributed by atoms with Gasteiger partial charge in [-0.25, -0.2) is 14.5 Å². The highest BCUT2D eigenvalue weighted by molar-refractivity contribution is 5.99. The van der Waals surface area contributed by atoms with Crippen LogP contribution in [0.3, 0.4) is 0 Å². The number of benzene rings is 2. The maximum absolute atomic E-state index is 13.0. The van der Waals surface area contributed by atoms with Crippen LogP contribution < -0.4 is 21.1 Å². The third-order valence-corrected chi connectivity index (χ3v) is 6.01. The smallest absolute Gasteiger partial charge is 0.324 e. The molecule has 0 radical (unpaired) electrons. The minimum atomic E-state index is -0.592. The Labute approximate surface area is 238 Å². The van der Waals surface area contributed by atoms with Crippen molar-refractivity contribution < 1.29 is 19.1 Å². The van der Waals surface area contributed by atoms with Crippen molar-refractivity contribution in [2.45, 2.75) is 39.7 Å². The van der Waals surface area contributed by atoms with Crippen LogP contribution in [0.2, 0.25) is 0 Å². The molecule has 0 saturated carbocycles. The largest absolute Gasteiger partial charge is 0.439 e. The number of carbonyl (C=O) groups is 3. The molecule has 2 heterocycles. The molecule has 0 bridgehead atoms. The van der Waals surface area contributed by atoms with E-state index in [1.165, 1.54) is 11.8 Å². The highest BCUT2D eigenvalue weighted by atomic mass is 16.5. The molecule has 11 heteroatoms. The molecule has 2 aromatic heterocycles. The highest BCUT2D eigenvalue weighted by Crippen LogP contribution is 2.27. The van der Waals surface area contributed by atoms with Gasteiger partial charge in [-0.3, -0.25) is 14.9 Å². The summed E-state index contributed by atoms with van der Waals surface area (Å²) < 4.78 is 7.34. The molecule has 0 saturated heterocycles. The standard InChI is InChI=1S/C30H33N7O4/c1-20(38)36(19-26(31)39)18-21-8-7-9-23(16-21)37-27(17-25(35-37)30(2,3)4)34-29(40)33-22-11-13-24(14-12-22)41-28-10-5-6-15-32-28/h5-17H,18-19H2,1-4H3,(H2,31,39)(H2,33,34,40). The van der Waals surface area contributed by atoms with Crippen LogP contribution in [0.15, 0.2) is 79.0 Å². The van der Waals surface area contributed by atoms with Gasteiger partial charge in [0.1, 0.15) is 11.6 Å². The van der Waals surface area contributed by atoms with Gasteiger partial charge in [-0.15, -0.1) is 0 Å². The molecule has 2 aromatic carbocycles. The molecule has 0 unspecified atom stereocenters. The number of nitrogens with one attached hydrogen (secondary N) is 2. The molecule has 41 heavy (non-hydrogen) atoms. The fraction of sp³-hybridized carbons (Fsp3) is 0.233. The van der Waals surface area contributed by atoms with E-state index in [0.717, 1.165) is 11.3 Å². The van der Waals surface area contributed by atoms with Gasteiger partial charge < -0.3 is 20.7 Å². The highest BCUT2D eigenvalue weighted by Gasteiger charge is 2.22. The van der Waals surface area contributed by atoms with E-state index in [9.17, 15) is 14.4 Å². The SMILES string of the molecule is CC(=O)N(CC(N)=O)Cc1cccc(-n2nc(C(C)(C)C)cc2NC(=O)Nc2ccc(Oc3ccccn3)cc2)c1. The minimum Gasteiger partial charge on any atom is -0.439 e. The summed E-state index contributed by atoms with van der Waals surface area (Å²) >= 11 is 0. The summed E-state index contributed by atoms with van der Waals surface area (Å²) in [6.45, 7) is 7.49. The summed E-state index contributed by atoms with van der Waals surface area (Å²) in [5.41, 5.74) is 7.81. The topological polar surface area (TPSA) is 144 Å². The number of primary amides is 1. The van der Waals surface area contributed by atoms with Gasteiger partial charge in [0.15, 0.2) is 0 Å². The second-order valence-electron chi connectivity index (χ2n) is 10.5. The molecule has 11 nitrogen and oxygen atoms in total. The number of aromatic nitrogens is 3. The Balaban J connectivity index is 1.52. The van der Waals surface area contributed by atoms with Crippen LogP contribution in [0.1, 0.15) is 39.0 Å².